The van der Waals surface area contributed by atoms with Crippen molar-refractivity contribution in [2.24, 2.45) is 0 Å². The van der Waals surface area contributed by atoms with Gasteiger partial charge in [-0.1, -0.05) is 36.0 Å². The fourth-order valence-electron chi connectivity index (χ4n) is 2.01. The van der Waals surface area contributed by atoms with Crippen LogP contribution in [0.5, 0.6) is 0 Å². The molecule has 3 nitrogen and oxygen atoms in total. The first-order valence-electron chi connectivity index (χ1n) is 5.70. The molecule has 18 heavy (non-hydrogen) atoms. The molecule has 5 heteroatoms. The van der Waals surface area contributed by atoms with E-state index in [1.54, 1.807) is 17.5 Å². The molecule has 2 aromatic rings. The van der Waals surface area contributed by atoms with Crippen molar-refractivity contribution < 1.29 is 4.79 Å². The number of nitrogens with zero attached hydrogens (tertiary/aromatic N) is 2. The van der Waals surface area contributed by atoms with Crippen LogP contribution in [-0.4, -0.2) is 21.5 Å². The number of carbonyl (C=O) groups is 1. The van der Waals surface area contributed by atoms with E-state index >= 15 is 0 Å². The molecule has 1 aromatic heterocycles. The van der Waals surface area contributed by atoms with Gasteiger partial charge in [0, 0.05) is 24.7 Å². The lowest BCUT2D eigenvalue weighted by Gasteiger charge is -2.14. The fraction of sp³-hybridized carbons (Fsp3) is 0.231. The maximum absolute atomic E-state index is 12.1. The molecule has 2 heterocycles. The van der Waals surface area contributed by atoms with E-state index in [0.29, 0.717) is 5.75 Å². The first-order valence-corrected chi connectivity index (χ1v) is 7.56. The summed E-state index contributed by atoms with van der Waals surface area (Å²) in [6.45, 7) is 1.49. The summed E-state index contributed by atoms with van der Waals surface area (Å²) in [7, 11) is 0. The van der Waals surface area contributed by atoms with Gasteiger partial charge in [-0.25, -0.2) is 4.98 Å². The highest BCUT2D eigenvalue weighted by molar-refractivity contribution is 8.01. The van der Waals surface area contributed by atoms with Gasteiger partial charge in [-0.05, 0) is 11.1 Å². The summed E-state index contributed by atoms with van der Waals surface area (Å²) in [5.74, 6) is 0.660. The second-order valence-electron chi connectivity index (χ2n) is 4.11. The van der Waals surface area contributed by atoms with Gasteiger partial charge in [0.05, 0.1) is 5.75 Å². The van der Waals surface area contributed by atoms with Gasteiger partial charge in [0.2, 0.25) is 5.91 Å². The number of rotatable bonds is 3. The van der Waals surface area contributed by atoms with E-state index in [1.165, 1.54) is 22.9 Å². The minimum absolute atomic E-state index is 0.186. The molecule has 3 rings (SSSR count). The van der Waals surface area contributed by atoms with Crippen molar-refractivity contribution in [3.63, 3.8) is 0 Å². The Morgan fingerprint density at radius 1 is 1.33 bits per heavy atom. The topological polar surface area (TPSA) is 33.2 Å². The number of carbonyl (C=O) groups excluding carboxylic acids is 1. The summed E-state index contributed by atoms with van der Waals surface area (Å²) < 4.78 is 0.958. The fourth-order valence-corrected chi connectivity index (χ4v) is 3.55. The van der Waals surface area contributed by atoms with Gasteiger partial charge in [-0.3, -0.25) is 4.79 Å². The molecular formula is C13H12N2OS2. The zero-order valence-corrected chi connectivity index (χ0v) is 11.3. The van der Waals surface area contributed by atoms with Crippen molar-refractivity contribution in [2.75, 3.05) is 5.75 Å². The van der Waals surface area contributed by atoms with E-state index < -0.39 is 0 Å². The van der Waals surface area contributed by atoms with Gasteiger partial charge in [0.1, 0.15) is 4.34 Å². The number of hydrogen-bond acceptors (Lipinski definition) is 4. The van der Waals surface area contributed by atoms with E-state index in [4.69, 9.17) is 0 Å². The third kappa shape index (κ3) is 2.42. The van der Waals surface area contributed by atoms with Crippen molar-refractivity contribution in [1.82, 2.24) is 9.88 Å². The first kappa shape index (κ1) is 11.7. The molecule has 1 amide bonds. The summed E-state index contributed by atoms with van der Waals surface area (Å²) >= 11 is 3.09. The number of thiazole rings is 1. The number of aromatic nitrogens is 1. The van der Waals surface area contributed by atoms with Crippen LogP contribution in [-0.2, 0) is 17.9 Å². The van der Waals surface area contributed by atoms with Crippen molar-refractivity contribution in [3.05, 3.63) is 47.0 Å². The average molecular weight is 276 g/mol. The van der Waals surface area contributed by atoms with Crippen molar-refractivity contribution in [1.29, 1.82) is 0 Å². The van der Waals surface area contributed by atoms with E-state index in [1.807, 2.05) is 22.4 Å². The molecule has 0 unspecified atom stereocenters. The monoisotopic (exact) mass is 276 g/mol. The molecule has 0 atom stereocenters. The molecule has 0 aliphatic carbocycles. The molecule has 92 valence electrons. The lowest BCUT2D eigenvalue weighted by atomic mass is 10.1. The maximum Gasteiger partial charge on any atom is 0.233 e. The SMILES string of the molecule is O=C(CSc1nccs1)N1Cc2ccccc2C1. The van der Waals surface area contributed by atoms with Crippen LogP contribution in [0, 0.1) is 0 Å². The van der Waals surface area contributed by atoms with Crippen LogP contribution in [0.25, 0.3) is 0 Å². The van der Waals surface area contributed by atoms with Crippen LogP contribution in [0.2, 0.25) is 0 Å². The highest BCUT2D eigenvalue weighted by Gasteiger charge is 2.22. The van der Waals surface area contributed by atoms with Gasteiger partial charge in [0.15, 0.2) is 0 Å². The molecule has 1 aromatic carbocycles. The first-order chi connectivity index (χ1) is 8.83. The van der Waals surface area contributed by atoms with Gasteiger partial charge < -0.3 is 4.90 Å². The van der Waals surface area contributed by atoms with Crippen LogP contribution in [0.15, 0.2) is 40.2 Å². The lowest BCUT2D eigenvalue weighted by Crippen LogP contribution is -2.26. The minimum Gasteiger partial charge on any atom is -0.333 e. The molecule has 0 radical (unpaired) electrons. The summed E-state index contributed by atoms with van der Waals surface area (Å²) in [5, 5.41) is 1.93. The quantitative estimate of drug-likeness (QED) is 0.808. The smallest absolute Gasteiger partial charge is 0.233 e. The molecule has 0 spiro atoms. The molecule has 0 bridgehead atoms. The van der Waals surface area contributed by atoms with Crippen molar-refractivity contribution in [3.8, 4) is 0 Å². The highest BCUT2D eigenvalue weighted by Crippen LogP contribution is 2.25. The Kier molecular flexibility index (Phi) is 3.34. The van der Waals surface area contributed by atoms with E-state index in [0.717, 1.165) is 17.4 Å². The zero-order valence-electron chi connectivity index (χ0n) is 9.70. The summed E-state index contributed by atoms with van der Waals surface area (Å²) in [6, 6.07) is 8.24. The molecule has 0 fully saturated rings. The second kappa shape index (κ2) is 5.12. The minimum atomic E-state index is 0.186. The maximum atomic E-state index is 12.1. The van der Waals surface area contributed by atoms with Gasteiger partial charge in [-0.15, -0.1) is 11.3 Å². The van der Waals surface area contributed by atoms with Gasteiger partial charge in [-0.2, -0.15) is 0 Å². The Morgan fingerprint density at radius 3 is 2.67 bits per heavy atom. The second-order valence-corrected chi connectivity index (χ2v) is 6.22. The Hall–Kier alpha value is -1.33. The van der Waals surface area contributed by atoms with Crippen LogP contribution in [0.4, 0.5) is 0 Å². The van der Waals surface area contributed by atoms with E-state index in [9.17, 15) is 4.79 Å². The Morgan fingerprint density at radius 2 is 2.06 bits per heavy atom. The lowest BCUT2D eigenvalue weighted by molar-refractivity contribution is -0.128. The van der Waals surface area contributed by atoms with Crippen molar-refractivity contribution >= 4 is 29.0 Å². The molecule has 0 saturated heterocycles. The number of hydrogen-bond donors (Lipinski definition) is 0. The Labute approximate surface area is 114 Å². The van der Waals surface area contributed by atoms with Crippen LogP contribution < -0.4 is 0 Å². The molecule has 0 saturated carbocycles. The number of fused-ring (bicyclic) bond motifs is 1. The van der Waals surface area contributed by atoms with Crippen LogP contribution in [0.1, 0.15) is 11.1 Å². The van der Waals surface area contributed by atoms with E-state index in [-0.39, 0.29) is 5.91 Å². The normalized spacial score (nSPS) is 13.7. The average Bonchev–Trinajstić information content (AvgIpc) is 3.04. The molecule has 0 N–H and O–H groups in total. The van der Waals surface area contributed by atoms with Crippen molar-refractivity contribution in [2.45, 2.75) is 17.4 Å². The Balaban J connectivity index is 1.59. The number of amides is 1. The molecule has 1 aliphatic rings. The Bertz CT molecular complexity index is 529. The third-order valence-electron chi connectivity index (χ3n) is 2.92. The van der Waals surface area contributed by atoms with Gasteiger partial charge >= 0.3 is 0 Å². The van der Waals surface area contributed by atoms with E-state index in [2.05, 4.69) is 17.1 Å². The third-order valence-corrected chi connectivity index (χ3v) is 4.87. The largest absolute Gasteiger partial charge is 0.333 e. The standard InChI is InChI=1S/C13H12N2OS2/c16-12(9-18-13-14-5-6-17-13)15-7-10-3-1-2-4-11(10)8-15/h1-6H,7-9H2. The van der Waals surface area contributed by atoms with Crippen LogP contribution >= 0.6 is 23.1 Å². The van der Waals surface area contributed by atoms with Gasteiger partial charge in [0.25, 0.3) is 0 Å². The highest BCUT2D eigenvalue weighted by atomic mass is 32.2. The predicted molar refractivity (Wildman–Crippen MR) is 73.5 cm³/mol. The van der Waals surface area contributed by atoms with Crippen LogP contribution in [0.3, 0.4) is 0 Å². The number of thioether (sulfide) groups is 1. The summed E-state index contributed by atoms with van der Waals surface area (Å²) in [4.78, 5) is 18.2. The molecule has 1 aliphatic heterocycles. The predicted octanol–water partition coefficient (Wildman–Crippen LogP) is 2.78. The molecular weight excluding hydrogens is 264 g/mol. The summed E-state index contributed by atoms with van der Waals surface area (Å²) in [5.41, 5.74) is 2.54. The number of benzene rings is 1. The summed E-state index contributed by atoms with van der Waals surface area (Å²) in [6.07, 6.45) is 1.77. The zero-order chi connectivity index (χ0) is 12.4.